The third-order valence-electron chi connectivity index (χ3n) is 6.12. The largest absolute Gasteiger partial charge is 0.489 e. The van der Waals surface area contributed by atoms with E-state index >= 15 is 0 Å². The van der Waals surface area contributed by atoms with Gasteiger partial charge in [0.1, 0.15) is 12.4 Å². The van der Waals surface area contributed by atoms with Crippen LogP contribution in [0.5, 0.6) is 5.75 Å². The van der Waals surface area contributed by atoms with Gasteiger partial charge < -0.3 is 10.1 Å². The lowest BCUT2D eigenvalue weighted by Gasteiger charge is -2.41. The van der Waals surface area contributed by atoms with E-state index in [9.17, 15) is 0 Å². The van der Waals surface area contributed by atoms with Crippen molar-refractivity contribution in [3.8, 4) is 5.75 Å². The summed E-state index contributed by atoms with van der Waals surface area (Å²) in [6.07, 6.45) is 6.85. The molecule has 1 saturated heterocycles. The molecule has 2 fully saturated rings. The van der Waals surface area contributed by atoms with Gasteiger partial charge in [0.05, 0.1) is 0 Å². The number of hydrogen-bond acceptors (Lipinski definition) is 3. The molecule has 1 aliphatic carbocycles. The summed E-state index contributed by atoms with van der Waals surface area (Å²) in [4.78, 5) is 2.71. The second kappa shape index (κ2) is 9.38. The Hall–Kier alpha value is -1.84. The van der Waals surface area contributed by atoms with Gasteiger partial charge in [-0.2, -0.15) is 0 Å². The Kier molecular flexibility index (Phi) is 6.44. The highest BCUT2D eigenvalue weighted by Crippen LogP contribution is 2.41. The maximum absolute atomic E-state index is 6.34. The maximum atomic E-state index is 6.34. The van der Waals surface area contributed by atoms with Crippen molar-refractivity contribution >= 4 is 0 Å². The predicted octanol–water partition coefficient (Wildman–Crippen LogP) is 4.79. The third-order valence-corrected chi connectivity index (χ3v) is 6.12. The molecule has 0 spiro atoms. The highest BCUT2D eigenvalue weighted by Gasteiger charge is 2.32. The number of nitrogens with zero attached hydrogens (tertiary/aromatic N) is 1. The van der Waals surface area contributed by atoms with Crippen LogP contribution in [0.2, 0.25) is 0 Å². The first-order valence-corrected chi connectivity index (χ1v) is 10.6. The molecular formula is C24H32N2O. The summed E-state index contributed by atoms with van der Waals surface area (Å²) in [6.45, 7) is 5.09. The average Bonchev–Trinajstić information content (AvgIpc) is 2.76. The first-order chi connectivity index (χ1) is 13.4. The zero-order valence-corrected chi connectivity index (χ0v) is 16.3. The van der Waals surface area contributed by atoms with Crippen LogP contribution in [0.25, 0.3) is 0 Å². The van der Waals surface area contributed by atoms with Crippen molar-refractivity contribution in [1.29, 1.82) is 0 Å². The van der Waals surface area contributed by atoms with Gasteiger partial charge >= 0.3 is 0 Å². The fraction of sp³-hybridized carbons (Fsp3) is 0.500. The first-order valence-electron chi connectivity index (χ1n) is 10.6. The Morgan fingerprint density at radius 2 is 1.59 bits per heavy atom. The van der Waals surface area contributed by atoms with E-state index in [4.69, 9.17) is 4.74 Å². The molecule has 0 unspecified atom stereocenters. The molecule has 2 aromatic rings. The SMILES string of the molecule is c1ccc(COc2ccccc2[C@@H](C2CCCCC2)N2CCNCC2)cc1. The molecule has 1 atom stereocenters. The fourth-order valence-corrected chi connectivity index (χ4v) is 4.75. The molecular weight excluding hydrogens is 332 g/mol. The highest BCUT2D eigenvalue weighted by molar-refractivity contribution is 5.37. The Bertz CT molecular complexity index is 673. The Morgan fingerprint density at radius 3 is 2.37 bits per heavy atom. The van der Waals surface area contributed by atoms with E-state index in [0.29, 0.717) is 12.6 Å². The first kappa shape index (κ1) is 18.5. The van der Waals surface area contributed by atoms with Crippen molar-refractivity contribution in [1.82, 2.24) is 10.2 Å². The summed E-state index contributed by atoms with van der Waals surface area (Å²) >= 11 is 0. The van der Waals surface area contributed by atoms with Gasteiger partial charge in [0.25, 0.3) is 0 Å². The number of para-hydroxylation sites is 1. The minimum Gasteiger partial charge on any atom is -0.489 e. The van der Waals surface area contributed by atoms with Crippen molar-refractivity contribution in [3.63, 3.8) is 0 Å². The van der Waals surface area contributed by atoms with Crippen LogP contribution in [0.15, 0.2) is 54.6 Å². The molecule has 144 valence electrons. The topological polar surface area (TPSA) is 24.5 Å². The Morgan fingerprint density at radius 1 is 0.889 bits per heavy atom. The summed E-state index contributed by atoms with van der Waals surface area (Å²) in [5.41, 5.74) is 2.62. The third kappa shape index (κ3) is 4.72. The standard InChI is InChI=1S/C24H32N2O/c1-3-9-20(10-4-1)19-27-23-14-8-7-13-22(23)24(21-11-5-2-6-12-21)26-17-15-25-16-18-26/h1,3-4,7-10,13-14,21,24-25H,2,5-6,11-12,15-19H2/t24-/m1/s1. The maximum Gasteiger partial charge on any atom is 0.124 e. The van der Waals surface area contributed by atoms with Gasteiger partial charge in [-0.15, -0.1) is 0 Å². The van der Waals surface area contributed by atoms with Gasteiger partial charge in [0.2, 0.25) is 0 Å². The minimum absolute atomic E-state index is 0.486. The summed E-state index contributed by atoms with van der Waals surface area (Å²) in [6, 6.07) is 19.7. The summed E-state index contributed by atoms with van der Waals surface area (Å²) in [7, 11) is 0. The normalized spacial score (nSPS) is 20.3. The summed E-state index contributed by atoms with van der Waals surface area (Å²) in [5.74, 6) is 1.81. The van der Waals surface area contributed by atoms with Crippen LogP contribution in [-0.2, 0) is 6.61 Å². The molecule has 1 saturated carbocycles. The van der Waals surface area contributed by atoms with E-state index in [2.05, 4.69) is 64.8 Å². The molecule has 0 aromatic heterocycles. The van der Waals surface area contributed by atoms with Crippen LogP contribution < -0.4 is 10.1 Å². The van der Waals surface area contributed by atoms with Crippen molar-refractivity contribution in [3.05, 3.63) is 65.7 Å². The molecule has 0 amide bonds. The smallest absolute Gasteiger partial charge is 0.124 e. The van der Waals surface area contributed by atoms with E-state index in [0.717, 1.165) is 37.8 Å². The van der Waals surface area contributed by atoms with Gasteiger partial charge in [-0.25, -0.2) is 0 Å². The lowest BCUT2D eigenvalue weighted by atomic mass is 9.80. The van der Waals surface area contributed by atoms with Crippen molar-refractivity contribution < 1.29 is 4.74 Å². The molecule has 1 N–H and O–H groups in total. The molecule has 2 aromatic carbocycles. The molecule has 3 nitrogen and oxygen atoms in total. The van der Waals surface area contributed by atoms with Gasteiger partial charge in [0.15, 0.2) is 0 Å². The molecule has 4 rings (SSSR count). The van der Waals surface area contributed by atoms with E-state index in [1.165, 1.54) is 43.2 Å². The molecule has 0 bridgehead atoms. The number of rotatable bonds is 6. The number of hydrogen-bond donors (Lipinski definition) is 1. The van der Waals surface area contributed by atoms with Crippen molar-refractivity contribution in [2.45, 2.75) is 44.8 Å². The second-order valence-corrected chi connectivity index (χ2v) is 7.94. The Labute approximate surface area is 163 Å². The van der Waals surface area contributed by atoms with Crippen LogP contribution in [0, 0.1) is 5.92 Å². The van der Waals surface area contributed by atoms with Crippen LogP contribution in [0.4, 0.5) is 0 Å². The lowest BCUT2D eigenvalue weighted by molar-refractivity contribution is 0.100. The van der Waals surface area contributed by atoms with E-state index in [1.54, 1.807) is 0 Å². The predicted molar refractivity (Wildman–Crippen MR) is 111 cm³/mol. The monoisotopic (exact) mass is 364 g/mol. The second-order valence-electron chi connectivity index (χ2n) is 7.94. The van der Waals surface area contributed by atoms with Crippen molar-refractivity contribution in [2.75, 3.05) is 26.2 Å². The van der Waals surface area contributed by atoms with Crippen LogP contribution in [0.3, 0.4) is 0 Å². The van der Waals surface area contributed by atoms with Gasteiger partial charge in [-0.1, -0.05) is 67.8 Å². The van der Waals surface area contributed by atoms with Gasteiger partial charge in [-0.05, 0) is 30.4 Å². The van der Waals surface area contributed by atoms with Crippen molar-refractivity contribution in [2.24, 2.45) is 5.92 Å². The highest BCUT2D eigenvalue weighted by atomic mass is 16.5. The number of benzene rings is 2. The molecule has 1 heterocycles. The quantitative estimate of drug-likeness (QED) is 0.797. The number of piperazine rings is 1. The minimum atomic E-state index is 0.486. The summed E-state index contributed by atoms with van der Waals surface area (Å²) in [5, 5.41) is 3.51. The van der Waals surface area contributed by atoms with E-state index < -0.39 is 0 Å². The molecule has 2 aliphatic rings. The van der Waals surface area contributed by atoms with Gasteiger partial charge in [0, 0.05) is 37.8 Å². The molecule has 3 heteroatoms. The Balaban J connectivity index is 1.58. The van der Waals surface area contributed by atoms with Gasteiger partial charge in [-0.3, -0.25) is 4.90 Å². The molecule has 27 heavy (non-hydrogen) atoms. The number of ether oxygens (including phenoxy) is 1. The van der Waals surface area contributed by atoms with Crippen LogP contribution in [-0.4, -0.2) is 31.1 Å². The fourth-order valence-electron chi connectivity index (χ4n) is 4.75. The summed E-state index contributed by atoms with van der Waals surface area (Å²) < 4.78 is 6.34. The molecule has 0 radical (unpaired) electrons. The lowest BCUT2D eigenvalue weighted by Crippen LogP contribution is -2.47. The molecule has 1 aliphatic heterocycles. The van der Waals surface area contributed by atoms with E-state index in [-0.39, 0.29) is 0 Å². The van der Waals surface area contributed by atoms with Crippen LogP contribution in [0.1, 0.15) is 49.3 Å². The zero-order chi connectivity index (χ0) is 18.3. The average molecular weight is 365 g/mol. The number of nitrogens with one attached hydrogen (secondary N) is 1. The van der Waals surface area contributed by atoms with E-state index in [1.807, 2.05) is 0 Å². The van der Waals surface area contributed by atoms with Crippen LogP contribution >= 0.6 is 0 Å². The zero-order valence-electron chi connectivity index (χ0n) is 16.3.